The first kappa shape index (κ1) is 19.2. The number of ether oxygens (including phenoxy) is 3. The molecule has 4 rings (SSSR count). The maximum Gasteiger partial charge on any atom is 0.338 e. The number of amides is 1. The number of carbonyl (C=O) groups excluding carboxylic acids is 3. The molecule has 1 N–H and O–H groups in total. The van der Waals surface area contributed by atoms with Gasteiger partial charge in [0, 0.05) is 16.8 Å². The molecule has 150 valence electrons. The molecular weight excluding hydrogens is 386 g/mol. The lowest BCUT2D eigenvalue weighted by Gasteiger charge is -2.07. The van der Waals surface area contributed by atoms with Gasteiger partial charge in [-0.25, -0.2) is 4.79 Å². The van der Waals surface area contributed by atoms with E-state index in [1.165, 1.54) is 6.07 Å². The van der Waals surface area contributed by atoms with Crippen LogP contribution in [0.4, 0.5) is 5.69 Å². The van der Waals surface area contributed by atoms with Crippen LogP contribution in [0.15, 0.2) is 72.8 Å². The summed E-state index contributed by atoms with van der Waals surface area (Å²) >= 11 is 0. The number of benzene rings is 3. The van der Waals surface area contributed by atoms with E-state index >= 15 is 0 Å². The highest BCUT2D eigenvalue weighted by Gasteiger charge is 2.18. The van der Waals surface area contributed by atoms with Crippen LogP contribution >= 0.6 is 0 Å². The van der Waals surface area contributed by atoms with Crippen LogP contribution in [0.25, 0.3) is 0 Å². The van der Waals surface area contributed by atoms with Gasteiger partial charge in [0.25, 0.3) is 5.91 Å². The molecule has 30 heavy (non-hydrogen) atoms. The van der Waals surface area contributed by atoms with Crippen LogP contribution in [0.3, 0.4) is 0 Å². The lowest BCUT2D eigenvalue weighted by Crippen LogP contribution is -2.15. The highest BCUT2D eigenvalue weighted by Crippen LogP contribution is 2.32. The zero-order valence-electron chi connectivity index (χ0n) is 15.8. The second-order valence-corrected chi connectivity index (χ2v) is 6.46. The number of anilines is 1. The molecule has 0 unspecified atom stereocenters. The van der Waals surface area contributed by atoms with Crippen molar-refractivity contribution in [3.63, 3.8) is 0 Å². The monoisotopic (exact) mass is 403 g/mol. The van der Waals surface area contributed by atoms with Crippen LogP contribution in [-0.4, -0.2) is 31.1 Å². The molecule has 1 amide bonds. The third-order valence-corrected chi connectivity index (χ3v) is 4.44. The lowest BCUT2D eigenvalue weighted by atomic mass is 10.1. The quantitative estimate of drug-likeness (QED) is 0.498. The van der Waals surface area contributed by atoms with Gasteiger partial charge >= 0.3 is 5.97 Å². The number of ketones is 1. The molecule has 0 aliphatic carbocycles. The van der Waals surface area contributed by atoms with E-state index in [2.05, 4.69) is 5.32 Å². The Morgan fingerprint density at radius 1 is 0.800 bits per heavy atom. The van der Waals surface area contributed by atoms with E-state index in [0.717, 1.165) is 0 Å². The molecule has 0 bridgehead atoms. The van der Waals surface area contributed by atoms with Gasteiger partial charge in [-0.3, -0.25) is 9.59 Å². The summed E-state index contributed by atoms with van der Waals surface area (Å²) in [6.45, 7) is -0.295. The normalized spacial score (nSPS) is 11.6. The van der Waals surface area contributed by atoms with Gasteiger partial charge in [0.05, 0.1) is 5.56 Å². The van der Waals surface area contributed by atoms with Crippen molar-refractivity contribution in [1.82, 2.24) is 0 Å². The van der Waals surface area contributed by atoms with Crippen molar-refractivity contribution in [3.8, 4) is 11.5 Å². The Hall–Kier alpha value is -4.13. The summed E-state index contributed by atoms with van der Waals surface area (Å²) in [5, 5.41) is 2.76. The minimum absolute atomic E-state index is 0.105. The predicted octanol–water partition coefficient (Wildman–Crippen LogP) is 3.71. The van der Waals surface area contributed by atoms with Crippen LogP contribution in [0.1, 0.15) is 31.1 Å². The van der Waals surface area contributed by atoms with Crippen molar-refractivity contribution in [2.75, 3.05) is 18.7 Å². The first-order chi connectivity index (χ1) is 14.6. The van der Waals surface area contributed by atoms with E-state index in [1.54, 1.807) is 60.7 Å². The molecule has 3 aromatic rings. The SMILES string of the molecule is O=C(COC(=O)c1ccc2c(c1)OCO2)c1ccc(NC(=O)c2ccccc2)cc1. The topological polar surface area (TPSA) is 90.9 Å². The number of hydrogen-bond acceptors (Lipinski definition) is 6. The summed E-state index contributed by atoms with van der Waals surface area (Å²) in [5.41, 5.74) is 1.73. The Morgan fingerprint density at radius 2 is 1.50 bits per heavy atom. The number of Topliss-reactive ketones (excluding diaryl/α,β-unsaturated/α-hetero) is 1. The number of rotatable bonds is 6. The van der Waals surface area contributed by atoms with Gasteiger partial charge in [0.2, 0.25) is 6.79 Å². The zero-order chi connectivity index (χ0) is 20.9. The molecule has 0 fully saturated rings. The fourth-order valence-electron chi connectivity index (χ4n) is 2.85. The van der Waals surface area contributed by atoms with Gasteiger partial charge in [0.1, 0.15) is 0 Å². The number of esters is 1. The Morgan fingerprint density at radius 3 is 2.27 bits per heavy atom. The van der Waals surface area contributed by atoms with Crippen LogP contribution in [0, 0.1) is 0 Å². The van der Waals surface area contributed by atoms with E-state index in [4.69, 9.17) is 14.2 Å². The second kappa shape index (κ2) is 8.48. The highest BCUT2D eigenvalue weighted by molar-refractivity contribution is 6.05. The molecule has 0 aromatic heterocycles. The van der Waals surface area contributed by atoms with Crippen molar-refractivity contribution in [2.45, 2.75) is 0 Å². The first-order valence-corrected chi connectivity index (χ1v) is 9.16. The van der Waals surface area contributed by atoms with Gasteiger partial charge in [-0.05, 0) is 54.6 Å². The highest BCUT2D eigenvalue weighted by atomic mass is 16.7. The largest absolute Gasteiger partial charge is 0.454 e. The molecular formula is C23H17NO6. The van der Waals surface area contributed by atoms with E-state index in [-0.39, 0.29) is 24.0 Å². The summed E-state index contributed by atoms with van der Waals surface area (Å²) in [5.74, 6) is -0.211. The molecule has 0 saturated carbocycles. The van der Waals surface area contributed by atoms with Crippen LogP contribution < -0.4 is 14.8 Å². The predicted molar refractivity (Wildman–Crippen MR) is 108 cm³/mol. The van der Waals surface area contributed by atoms with Crippen molar-refractivity contribution in [1.29, 1.82) is 0 Å². The van der Waals surface area contributed by atoms with Crippen molar-refractivity contribution in [2.24, 2.45) is 0 Å². The summed E-state index contributed by atoms with van der Waals surface area (Å²) in [4.78, 5) is 36.6. The average Bonchev–Trinajstić information content (AvgIpc) is 3.26. The van der Waals surface area contributed by atoms with E-state index in [9.17, 15) is 14.4 Å². The van der Waals surface area contributed by atoms with Crippen molar-refractivity contribution in [3.05, 3.63) is 89.5 Å². The van der Waals surface area contributed by atoms with Gasteiger partial charge in [-0.1, -0.05) is 18.2 Å². The maximum absolute atomic E-state index is 12.3. The van der Waals surface area contributed by atoms with Gasteiger partial charge < -0.3 is 19.5 Å². The third-order valence-electron chi connectivity index (χ3n) is 4.44. The molecule has 0 atom stereocenters. The second-order valence-electron chi connectivity index (χ2n) is 6.46. The summed E-state index contributed by atoms with van der Waals surface area (Å²) in [6.07, 6.45) is 0. The van der Waals surface area contributed by atoms with Crippen LogP contribution in [-0.2, 0) is 4.74 Å². The summed E-state index contributed by atoms with van der Waals surface area (Å²) < 4.78 is 15.5. The Kier molecular flexibility index (Phi) is 5.43. The fraction of sp³-hybridized carbons (Fsp3) is 0.0870. The number of carbonyl (C=O) groups is 3. The molecule has 7 nitrogen and oxygen atoms in total. The lowest BCUT2D eigenvalue weighted by molar-refractivity contribution is 0.0474. The first-order valence-electron chi connectivity index (χ1n) is 9.16. The zero-order valence-corrected chi connectivity index (χ0v) is 15.8. The molecule has 3 aromatic carbocycles. The number of nitrogens with one attached hydrogen (secondary N) is 1. The van der Waals surface area contributed by atoms with E-state index in [0.29, 0.717) is 28.3 Å². The van der Waals surface area contributed by atoms with Crippen LogP contribution in [0.2, 0.25) is 0 Å². The number of fused-ring (bicyclic) bond motifs is 1. The molecule has 1 aliphatic rings. The average molecular weight is 403 g/mol. The molecule has 7 heteroatoms. The Balaban J connectivity index is 1.32. The van der Waals surface area contributed by atoms with Gasteiger partial charge in [-0.2, -0.15) is 0 Å². The minimum Gasteiger partial charge on any atom is -0.454 e. The molecule has 0 spiro atoms. The molecule has 1 heterocycles. The standard InChI is InChI=1S/C23H17NO6/c25-19(13-28-23(27)17-8-11-20-21(12-17)30-14-29-20)15-6-9-18(10-7-15)24-22(26)16-4-2-1-3-5-16/h1-12H,13-14H2,(H,24,26). The summed E-state index contributed by atoms with van der Waals surface area (Å²) in [7, 11) is 0. The molecule has 1 aliphatic heterocycles. The van der Waals surface area contributed by atoms with Gasteiger partial charge in [0.15, 0.2) is 23.9 Å². The molecule has 0 radical (unpaired) electrons. The molecule has 0 saturated heterocycles. The Labute approximate surface area is 172 Å². The summed E-state index contributed by atoms with van der Waals surface area (Å²) in [6, 6.07) is 19.9. The van der Waals surface area contributed by atoms with Crippen LogP contribution in [0.5, 0.6) is 11.5 Å². The maximum atomic E-state index is 12.3. The van der Waals surface area contributed by atoms with E-state index < -0.39 is 12.6 Å². The number of hydrogen-bond donors (Lipinski definition) is 1. The minimum atomic E-state index is -0.631. The smallest absolute Gasteiger partial charge is 0.338 e. The van der Waals surface area contributed by atoms with Gasteiger partial charge in [-0.15, -0.1) is 0 Å². The van der Waals surface area contributed by atoms with Crippen molar-refractivity contribution >= 4 is 23.3 Å². The van der Waals surface area contributed by atoms with E-state index in [1.807, 2.05) is 6.07 Å². The third kappa shape index (κ3) is 4.30. The fourth-order valence-corrected chi connectivity index (χ4v) is 2.85. The van der Waals surface area contributed by atoms with Crippen molar-refractivity contribution < 1.29 is 28.6 Å². The Bertz CT molecular complexity index is 1090.